The van der Waals surface area contributed by atoms with Gasteiger partial charge in [0, 0.05) is 18.9 Å². The highest BCUT2D eigenvalue weighted by Gasteiger charge is 1.99. The van der Waals surface area contributed by atoms with Gasteiger partial charge >= 0.3 is 0 Å². The van der Waals surface area contributed by atoms with Gasteiger partial charge in [0.2, 0.25) is 0 Å². The lowest BCUT2D eigenvalue weighted by molar-refractivity contribution is 0.717. The van der Waals surface area contributed by atoms with E-state index >= 15 is 0 Å². The summed E-state index contributed by atoms with van der Waals surface area (Å²) in [5, 5.41) is 7.58. The summed E-state index contributed by atoms with van der Waals surface area (Å²) >= 11 is 0. The predicted molar refractivity (Wildman–Crippen MR) is 80.2 cm³/mol. The molecule has 0 amide bonds. The molecule has 0 radical (unpaired) electrons. The predicted octanol–water partition coefficient (Wildman–Crippen LogP) is 3.76. The average Bonchev–Trinajstić information content (AvgIpc) is 2.84. The maximum absolute atomic E-state index is 4.16. The van der Waals surface area contributed by atoms with Crippen LogP contribution in [0.25, 0.3) is 0 Å². The van der Waals surface area contributed by atoms with E-state index in [0.717, 1.165) is 6.54 Å². The molecular formula is C16H23N3. The van der Waals surface area contributed by atoms with Crippen molar-refractivity contribution in [2.24, 2.45) is 7.05 Å². The standard InChI is InChI=1S/C16H23N3/c1-3-4-5-6-14-7-9-15(10-8-14)17-13-16-11-12-18-19(16)2/h7-12,17H,3-6,13H2,1-2H3. The summed E-state index contributed by atoms with van der Waals surface area (Å²) in [5.74, 6) is 0. The molecule has 0 bridgehead atoms. The van der Waals surface area contributed by atoms with Crippen LogP contribution in [0.4, 0.5) is 5.69 Å². The number of hydrogen-bond acceptors (Lipinski definition) is 2. The fourth-order valence-electron chi connectivity index (χ4n) is 2.14. The molecule has 0 saturated heterocycles. The molecule has 0 saturated carbocycles. The Bertz CT molecular complexity index is 485. The van der Waals surface area contributed by atoms with Gasteiger partial charge in [0.1, 0.15) is 0 Å². The van der Waals surface area contributed by atoms with Crippen LogP contribution in [0, 0.1) is 0 Å². The van der Waals surface area contributed by atoms with Crippen molar-refractivity contribution in [2.75, 3.05) is 5.32 Å². The second kappa shape index (κ2) is 6.98. The van der Waals surface area contributed by atoms with Crippen LogP contribution in [0.5, 0.6) is 0 Å². The average molecular weight is 257 g/mol. The summed E-state index contributed by atoms with van der Waals surface area (Å²) in [6.07, 6.45) is 6.91. The summed E-state index contributed by atoms with van der Waals surface area (Å²) in [6.45, 7) is 3.05. The number of rotatable bonds is 7. The van der Waals surface area contributed by atoms with E-state index in [1.54, 1.807) is 0 Å². The van der Waals surface area contributed by atoms with Crippen LogP contribution in [-0.4, -0.2) is 9.78 Å². The molecule has 0 spiro atoms. The van der Waals surface area contributed by atoms with Crippen molar-refractivity contribution in [3.63, 3.8) is 0 Å². The highest BCUT2D eigenvalue weighted by Crippen LogP contribution is 2.13. The van der Waals surface area contributed by atoms with Crippen molar-refractivity contribution in [2.45, 2.75) is 39.2 Å². The molecular weight excluding hydrogens is 234 g/mol. The van der Waals surface area contributed by atoms with Crippen molar-refractivity contribution in [3.05, 3.63) is 47.8 Å². The summed E-state index contributed by atoms with van der Waals surface area (Å²) in [5.41, 5.74) is 3.78. The number of benzene rings is 1. The first-order valence-corrected chi connectivity index (χ1v) is 7.09. The fraction of sp³-hybridized carbons (Fsp3) is 0.438. The summed E-state index contributed by atoms with van der Waals surface area (Å²) in [7, 11) is 1.97. The zero-order valence-electron chi connectivity index (χ0n) is 11.9. The number of aryl methyl sites for hydroxylation is 2. The molecule has 0 aliphatic carbocycles. The third-order valence-electron chi connectivity index (χ3n) is 3.42. The van der Waals surface area contributed by atoms with Gasteiger partial charge in [0.15, 0.2) is 0 Å². The third kappa shape index (κ3) is 4.12. The number of anilines is 1. The lowest BCUT2D eigenvalue weighted by Gasteiger charge is -2.08. The lowest BCUT2D eigenvalue weighted by Crippen LogP contribution is -2.05. The van der Waals surface area contributed by atoms with E-state index < -0.39 is 0 Å². The van der Waals surface area contributed by atoms with Crippen LogP contribution in [-0.2, 0) is 20.0 Å². The molecule has 0 aliphatic rings. The normalized spacial score (nSPS) is 10.6. The van der Waals surface area contributed by atoms with Crippen molar-refractivity contribution in [1.29, 1.82) is 0 Å². The molecule has 3 nitrogen and oxygen atoms in total. The first-order chi connectivity index (χ1) is 9.29. The lowest BCUT2D eigenvalue weighted by atomic mass is 10.1. The molecule has 0 aliphatic heterocycles. The molecule has 1 N–H and O–H groups in total. The second-order valence-electron chi connectivity index (χ2n) is 4.95. The van der Waals surface area contributed by atoms with E-state index in [-0.39, 0.29) is 0 Å². The van der Waals surface area contributed by atoms with Gasteiger partial charge in [-0.3, -0.25) is 4.68 Å². The van der Waals surface area contributed by atoms with E-state index in [9.17, 15) is 0 Å². The molecule has 0 fully saturated rings. The van der Waals surface area contributed by atoms with Crippen LogP contribution in [0.15, 0.2) is 36.5 Å². The van der Waals surface area contributed by atoms with E-state index in [2.05, 4.69) is 41.6 Å². The zero-order chi connectivity index (χ0) is 13.5. The molecule has 102 valence electrons. The Labute approximate surface area is 115 Å². The molecule has 1 aromatic heterocycles. The SMILES string of the molecule is CCCCCc1ccc(NCc2ccnn2C)cc1. The molecule has 2 aromatic rings. The molecule has 0 unspecified atom stereocenters. The Morgan fingerprint density at radius 1 is 1.11 bits per heavy atom. The Kier molecular flexibility index (Phi) is 5.01. The van der Waals surface area contributed by atoms with Crippen molar-refractivity contribution < 1.29 is 0 Å². The van der Waals surface area contributed by atoms with Gasteiger partial charge in [-0.1, -0.05) is 31.9 Å². The summed E-state index contributed by atoms with van der Waals surface area (Å²) in [4.78, 5) is 0. The maximum atomic E-state index is 4.16. The minimum absolute atomic E-state index is 0.811. The Morgan fingerprint density at radius 3 is 2.53 bits per heavy atom. The quantitative estimate of drug-likeness (QED) is 0.765. The van der Waals surface area contributed by atoms with Gasteiger partial charge in [-0.2, -0.15) is 5.10 Å². The molecule has 2 rings (SSSR count). The highest BCUT2D eigenvalue weighted by atomic mass is 15.3. The summed E-state index contributed by atoms with van der Waals surface area (Å²) in [6, 6.07) is 10.8. The fourth-order valence-corrected chi connectivity index (χ4v) is 2.14. The van der Waals surface area contributed by atoms with Gasteiger partial charge < -0.3 is 5.32 Å². The van der Waals surface area contributed by atoms with Crippen LogP contribution < -0.4 is 5.32 Å². The second-order valence-corrected chi connectivity index (χ2v) is 4.95. The van der Waals surface area contributed by atoms with Crippen LogP contribution in [0.2, 0.25) is 0 Å². The number of hydrogen-bond donors (Lipinski definition) is 1. The van der Waals surface area contributed by atoms with Crippen LogP contribution in [0.1, 0.15) is 37.4 Å². The molecule has 1 heterocycles. The molecule has 3 heteroatoms. The molecule has 19 heavy (non-hydrogen) atoms. The van der Waals surface area contributed by atoms with E-state index in [0.29, 0.717) is 0 Å². The smallest absolute Gasteiger partial charge is 0.0571 e. The van der Waals surface area contributed by atoms with Crippen LogP contribution in [0.3, 0.4) is 0 Å². The number of nitrogens with zero attached hydrogens (tertiary/aromatic N) is 2. The first kappa shape index (κ1) is 13.7. The summed E-state index contributed by atoms with van der Waals surface area (Å²) < 4.78 is 1.89. The Balaban J connectivity index is 1.83. The maximum Gasteiger partial charge on any atom is 0.0571 e. The minimum Gasteiger partial charge on any atom is -0.379 e. The third-order valence-corrected chi connectivity index (χ3v) is 3.42. The zero-order valence-corrected chi connectivity index (χ0v) is 11.9. The van der Waals surface area contributed by atoms with Gasteiger partial charge in [0.05, 0.1) is 12.2 Å². The minimum atomic E-state index is 0.811. The monoisotopic (exact) mass is 257 g/mol. The van der Waals surface area contributed by atoms with E-state index in [4.69, 9.17) is 0 Å². The van der Waals surface area contributed by atoms with E-state index in [1.807, 2.05) is 24.0 Å². The molecule has 0 atom stereocenters. The number of aromatic nitrogens is 2. The highest BCUT2D eigenvalue weighted by molar-refractivity contribution is 5.44. The van der Waals surface area contributed by atoms with Gasteiger partial charge in [0.25, 0.3) is 0 Å². The molecule has 1 aromatic carbocycles. The number of unbranched alkanes of at least 4 members (excludes halogenated alkanes) is 2. The van der Waals surface area contributed by atoms with E-state index in [1.165, 1.54) is 42.6 Å². The Hall–Kier alpha value is -1.77. The van der Waals surface area contributed by atoms with Gasteiger partial charge in [-0.25, -0.2) is 0 Å². The largest absolute Gasteiger partial charge is 0.379 e. The first-order valence-electron chi connectivity index (χ1n) is 7.09. The van der Waals surface area contributed by atoms with Crippen molar-refractivity contribution in [3.8, 4) is 0 Å². The van der Waals surface area contributed by atoms with Gasteiger partial charge in [-0.05, 0) is 36.6 Å². The van der Waals surface area contributed by atoms with Crippen LogP contribution >= 0.6 is 0 Å². The topological polar surface area (TPSA) is 29.9 Å². The van der Waals surface area contributed by atoms with Crippen molar-refractivity contribution >= 4 is 5.69 Å². The number of nitrogens with one attached hydrogen (secondary N) is 1. The Morgan fingerprint density at radius 2 is 1.89 bits per heavy atom. The van der Waals surface area contributed by atoms with Crippen molar-refractivity contribution in [1.82, 2.24) is 9.78 Å². The van der Waals surface area contributed by atoms with Gasteiger partial charge in [-0.15, -0.1) is 0 Å².